The monoisotopic (exact) mass is 128 g/mol. The molecule has 0 aliphatic carbocycles. The number of alkyl halides is 2. The zero-order valence-electron chi connectivity index (χ0n) is 4.51. The molecular weight excluding hydrogens is 124 g/mol. The van der Waals surface area contributed by atoms with E-state index in [4.69, 9.17) is 0 Å². The van der Waals surface area contributed by atoms with Crippen molar-refractivity contribution >= 4 is 0 Å². The Kier molecular flexibility index (Phi) is 1.72. The summed E-state index contributed by atoms with van der Waals surface area (Å²) in [6, 6.07) is 5.15. The van der Waals surface area contributed by atoms with E-state index in [1.54, 1.807) is 0 Å². The van der Waals surface area contributed by atoms with Crippen LogP contribution in [0.1, 0.15) is 12.1 Å². The van der Waals surface area contributed by atoms with Crippen LogP contribution in [0.4, 0.5) is 8.78 Å². The minimum absolute atomic E-state index is 0.225. The first-order chi connectivity index (χ1) is 4.30. The Bertz CT molecular complexity index is 174. The summed E-state index contributed by atoms with van der Waals surface area (Å²) in [5.74, 6) is 0. The fourth-order valence-corrected chi connectivity index (χ4v) is 0.456. The molecule has 9 heavy (non-hydrogen) atoms. The second-order valence-electron chi connectivity index (χ2n) is 1.48. The van der Waals surface area contributed by atoms with E-state index in [1.807, 2.05) is 0 Å². The third-order valence-corrected chi connectivity index (χ3v) is 0.849. The fourth-order valence-electron chi connectivity index (χ4n) is 0.456. The molecule has 47 valence electrons. The average Bonchev–Trinajstić information content (AvgIpc) is 1.90. The van der Waals surface area contributed by atoms with Crippen LogP contribution in [0.15, 0.2) is 18.3 Å². The predicted octanol–water partition coefficient (Wildman–Crippen LogP) is 1.82. The highest BCUT2D eigenvalue weighted by Gasteiger charge is 2.05. The van der Waals surface area contributed by atoms with Gasteiger partial charge >= 0.3 is 0 Å². The Balaban J connectivity index is 2.85. The van der Waals surface area contributed by atoms with Crippen LogP contribution in [0.3, 0.4) is 0 Å². The van der Waals surface area contributed by atoms with E-state index in [-0.39, 0.29) is 5.69 Å². The molecule has 0 aliphatic rings. The maximum atomic E-state index is 11.7. The molecule has 0 aromatic carbocycles. The summed E-state index contributed by atoms with van der Waals surface area (Å²) in [5, 5.41) is 0. The highest BCUT2D eigenvalue weighted by molar-refractivity contribution is 5.02. The van der Waals surface area contributed by atoms with Gasteiger partial charge in [-0.05, 0) is 18.2 Å². The first-order valence-electron chi connectivity index (χ1n) is 2.41. The lowest BCUT2D eigenvalue weighted by Gasteiger charge is -1.93. The van der Waals surface area contributed by atoms with Crippen molar-refractivity contribution in [2.24, 2.45) is 0 Å². The van der Waals surface area contributed by atoms with Gasteiger partial charge in [-0.25, -0.2) is 8.78 Å². The molecule has 0 N–H and O–H groups in total. The highest BCUT2D eigenvalue weighted by Crippen LogP contribution is 2.13. The van der Waals surface area contributed by atoms with Gasteiger partial charge in [0.05, 0.1) is 0 Å². The van der Waals surface area contributed by atoms with Crippen molar-refractivity contribution in [3.8, 4) is 0 Å². The van der Waals surface area contributed by atoms with Gasteiger partial charge in [-0.1, -0.05) is 0 Å². The lowest BCUT2D eigenvalue weighted by molar-refractivity contribution is 0.146. The SMILES string of the molecule is FC(F)c1c[c]ccn1. The second-order valence-corrected chi connectivity index (χ2v) is 1.48. The number of halogens is 2. The summed E-state index contributed by atoms with van der Waals surface area (Å²) >= 11 is 0. The van der Waals surface area contributed by atoms with Gasteiger partial charge in [0, 0.05) is 6.20 Å². The van der Waals surface area contributed by atoms with Crippen LogP contribution in [0.2, 0.25) is 0 Å². The van der Waals surface area contributed by atoms with Gasteiger partial charge in [-0.3, -0.25) is 4.98 Å². The number of hydrogen-bond donors (Lipinski definition) is 0. The summed E-state index contributed by atoms with van der Waals surface area (Å²) in [4.78, 5) is 3.40. The van der Waals surface area contributed by atoms with E-state index in [2.05, 4.69) is 11.1 Å². The molecule has 1 aromatic rings. The molecule has 0 saturated carbocycles. The van der Waals surface area contributed by atoms with Crippen molar-refractivity contribution < 1.29 is 8.78 Å². The van der Waals surface area contributed by atoms with Crippen LogP contribution in [-0.2, 0) is 0 Å². The molecule has 0 bridgehead atoms. The molecule has 0 amide bonds. The number of rotatable bonds is 1. The Morgan fingerprint density at radius 3 is 2.67 bits per heavy atom. The molecule has 0 aliphatic heterocycles. The van der Waals surface area contributed by atoms with Crippen LogP contribution in [0.5, 0.6) is 0 Å². The van der Waals surface area contributed by atoms with Crippen molar-refractivity contribution in [1.29, 1.82) is 0 Å². The fraction of sp³-hybridized carbons (Fsp3) is 0.167. The zero-order valence-corrected chi connectivity index (χ0v) is 4.51. The Labute approximate surface area is 51.3 Å². The average molecular weight is 128 g/mol. The largest absolute Gasteiger partial charge is 0.280 e. The normalized spacial score (nSPS) is 10.1. The third-order valence-electron chi connectivity index (χ3n) is 0.849. The van der Waals surface area contributed by atoms with Gasteiger partial charge in [-0.15, -0.1) is 0 Å². The van der Waals surface area contributed by atoms with Crippen LogP contribution in [-0.4, -0.2) is 4.98 Å². The quantitative estimate of drug-likeness (QED) is 0.562. The Hall–Kier alpha value is -0.990. The van der Waals surface area contributed by atoms with E-state index >= 15 is 0 Å². The molecule has 1 radical (unpaired) electrons. The van der Waals surface area contributed by atoms with Gasteiger partial charge in [0.15, 0.2) is 0 Å². The van der Waals surface area contributed by atoms with E-state index in [9.17, 15) is 8.78 Å². The van der Waals surface area contributed by atoms with Crippen LogP contribution < -0.4 is 0 Å². The van der Waals surface area contributed by atoms with Crippen molar-refractivity contribution in [1.82, 2.24) is 4.98 Å². The Morgan fingerprint density at radius 1 is 1.56 bits per heavy atom. The molecule has 1 aromatic heterocycles. The number of pyridine rings is 1. The highest BCUT2D eigenvalue weighted by atomic mass is 19.3. The molecule has 3 heteroatoms. The number of aromatic nitrogens is 1. The minimum atomic E-state index is -2.48. The molecule has 1 rings (SSSR count). The molecular formula is C6H4F2N. The molecule has 1 heterocycles. The maximum absolute atomic E-state index is 11.7. The van der Waals surface area contributed by atoms with E-state index in [1.165, 1.54) is 18.3 Å². The number of nitrogens with zero attached hydrogens (tertiary/aromatic N) is 1. The molecule has 0 unspecified atom stereocenters. The van der Waals surface area contributed by atoms with Crippen molar-refractivity contribution in [2.75, 3.05) is 0 Å². The van der Waals surface area contributed by atoms with Crippen LogP contribution in [0, 0.1) is 6.07 Å². The molecule has 0 atom stereocenters. The van der Waals surface area contributed by atoms with Gasteiger partial charge in [-0.2, -0.15) is 0 Å². The lowest BCUT2D eigenvalue weighted by atomic mass is 10.4. The van der Waals surface area contributed by atoms with Crippen LogP contribution in [0.25, 0.3) is 0 Å². The first kappa shape index (κ1) is 6.13. The van der Waals surface area contributed by atoms with Crippen LogP contribution >= 0.6 is 0 Å². The first-order valence-corrected chi connectivity index (χ1v) is 2.41. The van der Waals surface area contributed by atoms with Crippen molar-refractivity contribution in [3.05, 3.63) is 30.1 Å². The van der Waals surface area contributed by atoms with Crippen molar-refractivity contribution in [2.45, 2.75) is 6.43 Å². The summed E-state index contributed by atoms with van der Waals surface area (Å²) in [6.45, 7) is 0. The molecule has 1 nitrogen and oxygen atoms in total. The summed E-state index contributed by atoms with van der Waals surface area (Å²) in [6.07, 6.45) is -1.19. The topological polar surface area (TPSA) is 12.9 Å². The summed E-state index contributed by atoms with van der Waals surface area (Å²) in [7, 11) is 0. The Morgan fingerprint density at radius 2 is 2.33 bits per heavy atom. The predicted molar refractivity (Wildman–Crippen MR) is 28.0 cm³/mol. The minimum Gasteiger partial charge on any atom is -0.255 e. The summed E-state index contributed by atoms with van der Waals surface area (Å²) in [5.41, 5.74) is -0.225. The van der Waals surface area contributed by atoms with Crippen molar-refractivity contribution in [3.63, 3.8) is 0 Å². The van der Waals surface area contributed by atoms with E-state index < -0.39 is 6.43 Å². The summed E-state index contributed by atoms with van der Waals surface area (Å²) < 4.78 is 23.4. The van der Waals surface area contributed by atoms with Gasteiger partial charge in [0.1, 0.15) is 5.69 Å². The number of hydrogen-bond acceptors (Lipinski definition) is 1. The molecule has 0 spiro atoms. The smallest absolute Gasteiger partial charge is 0.255 e. The maximum Gasteiger partial charge on any atom is 0.280 e. The third kappa shape index (κ3) is 1.45. The van der Waals surface area contributed by atoms with Gasteiger partial charge in [0.25, 0.3) is 6.43 Å². The van der Waals surface area contributed by atoms with Gasteiger partial charge < -0.3 is 0 Å². The van der Waals surface area contributed by atoms with E-state index in [0.29, 0.717) is 0 Å². The standard InChI is InChI=1S/C6H4F2N/c7-6(8)5-3-1-2-4-9-5/h2-4,6H. The lowest BCUT2D eigenvalue weighted by Crippen LogP contribution is -1.86. The second kappa shape index (κ2) is 2.53. The van der Waals surface area contributed by atoms with Gasteiger partial charge in [0.2, 0.25) is 0 Å². The molecule has 0 saturated heterocycles. The zero-order chi connectivity index (χ0) is 6.69. The van der Waals surface area contributed by atoms with E-state index in [0.717, 1.165) is 0 Å². The molecule has 0 fully saturated rings.